The number of nitrogens with zero attached hydrogens (tertiary/aromatic N) is 3. The summed E-state index contributed by atoms with van der Waals surface area (Å²) >= 11 is 0. The Morgan fingerprint density at radius 1 is 1.41 bits per heavy atom. The van der Waals surface area contributed by atoms with Crippen LogP contribution in [0.1, 0.15) is 17.4 Å². The number of carbonyl (C=O) groups is 1. The van der Waals surface area contributed by atoms with Crippen LogP contribution in [0.2, 0.25) is 0 Å². The molecule has 0 bridgehead atoms. The van der Waals surface area contributed by atoms with Gasteiger partial charge in [0.05, 0.1) is 0 Å². The Hall–Kier alpha value is -2.17. The van der Waals surface area contributed by atoms with Crippen molar-refractivity contribution in [1.29, 1.82) is 0 Å². The Kier molecular flexibility index (Phi) is 3.18. The number of benzene rings is 1. The topological polar surface area (TPSA) is 68.0 Å². The Bertz CT molecular complexity index is 507. The Balaban J connectivity index is 2.26. The van der Waals surface area contributed by atoms with Gasteiger partial charge in [0, 0.05) is 6.42 Å². The molecule has 0 saturated carbocycles. The molecule has 2 rings (SSSR count). The summed E-state index contributed by atoms with van der Waals surface area (Å²) in [6, 6.07) is 8.86. The molecule has 17 heavy (non-hydrogen) atoms. The van der Waals surface area contributed by atoms with Crippen LogP contribution in [-0.2, 0) is 11.2 Å². The number of hydrogen-bond acceptors (Lipinski definition) is 3. The minimum atomic E-state index is -0.878. The predicted octanol–water partition coefficient (Wildman–Crippen LogP) is 1.45. The number of rotatable bonds is 4. The van der Waals surface area contributed by atoms with Crippen molar-refractivity contribution < 1.29 is 9.90 Å². The van der Waals surface area contributed by atoms with Crippen molar-refractivity contribution in [3.05, 3.63) is 48.0 Å². The Morgan fingerprint density at radius 3 is 2.65 bits per heavy atom. The molecule has 1 heterocycles. The van der Waals surface area contributed by atoms with Crippen molar-refractivity contribution in [3.63, 3.8) is 0 Å². The molecular formula is C12H13N3O2. The Morgan fingerprint density at radius 2 is 2.12 bits per heavy atom. The molecule has 5 heteroatoms. The fourth-order valence-electron chi connectivity index (χ4n) is 1.75. The highest BCUT2D eigenvalue weighted by Gasteiger charge is 2.21. The standard InChI is InChI=1S/C12H13N3O2/c1-9-14-13-8-15(9)11(12(16)17)7-10-5-3-2-4-6-10/h2-6,8,11H,7H2,1H3,(H,16,17). The highest BCUT2D eigenvalue weighted by molar-refractivity contribution is 5.72. The first-order valence-electron chi connectivity index (χ1n) is 5.31. The lowest BCUT2D eigenvalue weighted by molar-refractivity contribution is -0.140. The third-order valence-electron chi connectivity index (χ3n) is 2.64. The van der Waals surface area contributed by atoms with Gasteiger partial charge in [-0.3, -0.25) is 0 Å². The van der Waals surface area contributed by atoms with E-state index in [1.807, 2.05) is 30.3 Å². The second-order valence-corrected chi connectivity index (χ2v) is 3.83. The molecule has 1 aromatic carbocycles. The van der Waals surface area contributed by atoms with Crippen molar-refractivity contribution in [2.45, 2.75) is 19.4 Å². The second-order valence-electron chi connectivity index (χ2n) is 3.83. The lowest BCUT2D eigenvalue weighted by atomic mass is 10.1. The fraction of sp³-hybridized carbons (Fsp3) is 0.250. The van der Waals surface area contributed by atoms with Crippen LogP contribution in [0.3, 0.4) is 0 Å². The molecule has 0 aliphatic rings. The third-order valence-corrected chi connectivity index (χ3v) is 2.64. The third kappa shape index (κ3) is 2.50. The van der Waals surface area contributed by atoms with Crippen LogP contribution >= 0.6 is 0 Å². The second kappa shape index (κ2) is 4.78. The summed E-state index contributed by atoms with van der Waals surface area (Å²) in [5, 5.41) is 16.8. The lowest BCUT2D eigenvalue weighted by Gasteiger charge is -2.14. The molecule has 0 fully saturated rings. The molecule has 1 atom stereocenters. The highest BCUT2D eigenvalue weighted by Crippen LogP contribution is 2.15. The molecule has 88 valence electrons. The minimum absolute atomic E-state index is 0.426. The van der Waals surface area contributed by atoms with Crippen molar-refractivity contribution in [2.75, 3.05) is 0 Å². The zero-order valence-electron chi connectivity index (χ0n) is 9.45. The van der Waals surface area contributed by atoms with Crippen LogP contribution in [0.25, 0.3) is 0 Å². The van der Waals surface area contributed by atoms with Gasteiger partial charge < -0.3 is 9.67 Å². The van der Waals surface area contributed by atoms with E-state index in [0.29, 0.717) is 12.2 Å². The molecule has 0 aliphatic heterocycles. The maximum Gasteiger partial charge on any atom is 0.327 e. The molecule has 0 radical (unpaired) electrons. The van der Waals surface area contributed by atoms with Gasteiger partial charge in [-0.05, 0) is 12.5 Å². The summed E-state index contributed by atoms with van der Waals surface area (Å²) in [6.45, 7) is 1.74. The first-order chi connectivity index (χ1) is 8.18. The number of carboxylic acids is 1. The monoisotopic (exact) mass is 231 g/mol. The van der Waals surface area contributed by atoms with Crippen molar-refractivity contribution >= 4 is 5.97 Å². The van der Waals surface area contributed by atoms with Crippen LogP contribution in [-0.4, -0.2) is 25.8 Å². The average molecular weight is 231 g/mol. The van der Waals surface area contributed by atoms with Gasteiger partial charge in [-0.1, -0.05) is 30.3 Å². The van der Waals surface area contributed by atoms with Crippen molar-refractivity contribution in [1.82, 2.24) is 14.8 Å². The van der Waals surface area contributed by atoms with E-state index in [2.05, 4.69) is 10.2 Å². The number of aliphatic carboxylic acids is 1. The molecular weight excluding hydrogens is 218 g/mol. The normalized spacial score (nSPS) is 12.3. The zero-order chi connectivity index (χ0) is 12.3. The molecule has 5 nitrogen and oxygen atoms in total. The smallest absolute Gasteiger partial charge is 0.327 e. The van der Waals surface area contributed by atoms with Gasteiger partial charge in [-0.2, -0.15) is 0 Å². The van der Waals surface area contributed by atoms with E-state index in [0.717, 1.165) is 5.56 Å². The molecule has 1 unspecified atom stereocenters. The fourth-order valence-corrected chi connectivity index (χ4v) is 1.75. The van der Waals surface area contributed by atoms with Gasteiger partial charge in [0.25, 0.3) is 0 Å². The number of aryl methyl sites for hydroxylation is 1. The van der Waals surface area contributed by atoms with Gasteiger partial charge in [0.2, 0.25) is 0 Å². The molecule has 0 aliphatic carbocycles. The van der Waals surface area contributed by atoms with Crippen LogP contribution in [0.15, 0.2) is 36.7 Å². The largest absolute Gasteiger partial charge is 0.480 e. The zero-order valence-corrected chi connectivity index (χ0v) is 9.45. The molecule has 1 N–H and O–H groups in total. The van der Waals surface area contributed by atoms with Crippen LogP contribution in [0.5, 0.6) is 0 Å². The van der Waals surface area contributed by atoms with Crippen LogP contribution in [0.4, 0.5) is 0 Å². The summed E-state index contributed by atoms with van der Waals surface area (Å²) in [4.78, 5) is 11.3. The number of carboxylic acid groups (broad SMARTS) is 1. The summed E-state index contributed by atoms with van der Waals surface area (Å²) in [6.07, 6.45) is 1.88. The lowest BCUT2D eigenvalue weighted by Crippen LogP contribution is -2.21. The van der Waals surface area contributed by atoms with E-state index in [9.17, 15) is 9.90 Å². The van der Waals surface area contributed by atoms with Crippen LogP contribution in [0, 0.1) is 6.92 Å². The van der Waals surface area contributed by atoms with E-state index in [-0.39, 0.29) is 0 Å². The maximum atomic E-state index is 11.3. The maximum absolute atomic E-state index is 11.3. The number of hydrogen-bond donors (Lipinski definition) is 1. The highest BCUT2D eigenvalue weighted by atomic mass is 16.4. The van der Waals surface area contributed by atoms with Gasteiger partial charge in [0.1, 0.15) is 18.2 Å². The average Bonchev–Trinajstić information content (AvgIpc) is 2.73. The molecule has 0 saturated heterocycles. The first-order valence-corrected chi connectivity index (χ1v) is 5.31. The molecule has 1 aromatic heterocycles. The van der Waals surface area contributed by atoms with E-state index in [1.165, 1.54) is 6.33 Å². The Labute approximate surface area is 98.7 Å². The van der Waals surface area contributed by atoms with Crippen LogP contribution < -0.4 is 0 Å². The van der Waals surface area contributed by atoms with Gasteiger partial charge in [-0.25, -0.2) is 4.79 Å². The van der Waals surface area contributed by atoms with Crippen molar-refractivity contribution in [3.8, 4) is 0 Å². The SMILES string of the molecule is Cc1nncn1C(Cc1ccccc1)C(=O)O. The van der Waals surface area contributed by atoms with E-state index >= 15 is 0 Å². The summed E-state index contributed by atoms with van der Waals surface area (Å²) in [7, 11) is 0. The quantitative estimate of drug-likeness (QED) is 0.864. The summed E-state index contributed by atoms with van der Waals surface area (Å²) in [5.41, 5.74) is 0.980. The van der Waals surface area contributed by atoms with Gasteiger partial charge >= 0.3 is 5.97 Å². The van der Waals surface area contributed by atoms with Gasteiger partial charge in [-0.15, -0.1) is 10.2 Å². The molecule has 0 amide bonds. The summed E-state index contributed by atoms with van der Waals surface area (Å²) in [5.74, 6) is -0.273. The first kappa shape index (κ1) is 11.3. The molecule has 2 aromatic rings. The van der Waals surface area contributed by atoms with E-state index < -0.39 is 12.0 Å². The van der Waals surface area contributed by atoms with E-state index in [4.69, 9.17) is 0 Å². The minimum Gasteiger partial charge on any atom is -0.480 e. The molecule has 0 spiro atoms. The van der Waals surface area contributed by atoms with E-state index in [1.54, 1.807) is 11.5 Å². The predicted molar refractivity (Wildman–Crippen MR) is 61.6 cm³/mol. The van der Waals surface area contributed by atoms with Gasteiger partial charge in [0.15, 0.2) is 0 Å². The summed E-state index contributed by atoms with van der Waals surface area (Å²) < 4.78 is 1.58. The number of aromatic nitrogens is 3. The van der Waals surface area contributed by atoms with Crippen molar-refractivity contribution in [2.24, 2.45) is 0 Å².